The van der Waals surface area contributed by atoms with Gasteiger partial charge in [-0.3, -0.25) is 19.3 Å². The van der Waals surface area contributed by atoms with E-state index in [1.807, 2.05) is 48.5 Å². The molecule has 4 rings (SSSR count). The Labute approximate surface area is 305 Å². The molecule has 11 nitrogen and oxygen atoms in total. The second-order valence-electron chi connectivity index (χ2n) is 14.9. The quantitative estimate of drug-likeness (QED) is 0.125. The summed E-state index contributed by atoms with van der Waals surface area (Å²) in [5, 5.41) is 3.23. The van der Waals surface area contributed by atoms with Gasteiger partial charge in [0.1, 0.15) is 5.75 Å². The van der Waals surface area contributed by atoms with E-state index < -0.39 is 5.66 Å². The van der Waals surface area contributed by atoms with E-state index in [1.165, 1.54) is 0 Å². The van der Waals surface area contributed by atoms with E-state index >= 15 is 0 Å². The van der Waals surface area contributed by atoms with Crippen molar-refractivity contribution in [3.05, 3.63) is 53.9 Å². The molecule has 0 radical (unpaired) electrons. The zero-order valence-electron chi connectivity index (χ0n) is 31.7. The largest absolute Gasteiger partial charge is 0.423 e. The summed E-state index contributed by atoms with van der Waals surface area (Å²) in [6.07, 6.45) is 15.3. The number of nitrogens with one attached hydrogen (secondary N) is 1. The first-order valence-electron chi connectivity index (χ1n) is 19.2. The van der Waals surface area contributed by atoms with Crippen LogP contribution in [0.3, 0.4) is 0 Å². The molecule has 3 heterocycles. The summed E-state index contributed by atoms with van der Waals surface area (Å²) in [6.45, 7) is 9.27. The Hall–Kier alpha value is -3.70. The number of hydrogen-bond acceptors (Lipinski definition) is 8. The summed E-state index contributed by atoms with van der Waals surface area (Å²) in [4.78, 5) is 61.3. The molecule has 0 aromatic heterocycles. The number of amides is 3. The Morgan fingerprint density at radius 3 is 2.33 bits per heavy atom. The summed E-state index contributed by atoms with van der Waals surface area (Å²) >= 11 is 0. The number of likely N-dealkylation sites (tertiary alicyclic amines) is 1. The van der Waals surface area contributed by atoms with Gasteiger partial charge in [-0.15, -0.1) is 0 Å². The molecule has 1 spiro atoms. The van der Waals surface area contributed by atoms with Crippen LogP contribution in [0.4, 0.5) is 0 Å². The molecule has 3 atom stereocenters. The van der Waals surface area contributed by atoms with Crippen LogP contribution in [-0.4, -0.2) is 101 Å². The zero-order valence-corrected chi connectivity index (χ0v) is 31.7. The van der Waals surface area contributed by atoms with Crippen LogP contribution in [0.2, 0.25) is 0 Å². The maximum Gasteiger partial charge on any atom is 0.341 e. The first-order valence-corrected chi connectivity index (χ1v) is 19.2. The first kappa shape index (κ1) is 40.1. The van der Waals surface area contributed by atoms with Crippen molar-refractivity contribution in [2.75, 3.05) is 40.3 Å². The predicted molar refractivity (Wildman–Crippen MR) is 200 cm³/mol. The van der Waals surface area contributed by atoms with Crippen LogP contribution in [0.15, 0.2) is 48.3 Å². The van der Waals surface area contributed by atoms with Gasteiger partial charge in [0.15, 0.2) is 0 Å². The number of unbranched alkanes of at least 4 members (excludes halogenated alkanes) is 4. The lowest BCUT2D eigenvalue weighted by Crippen LogP contribution is -2.66. The molecule has 3 aliphatic rings. The van der Waals surface area contributed by atoms with E-state index in [4.69, 9.17) is 10.5 Å². The number of nitrogens with two attached hydrogens (primary N) is 1. The lowest BCUT2D eigenvalue weighted by atomic mass is 9.88. The summed E-state index contributed by atoms with van der Waals surface area (Å²) in [6, 6.07) is 7.15. The average molecular weight is 707 g/mol. The third-order valence-corrected chi connectivity index (χ3v) is 10.9. The van der Waals surface area contributed by atoms with Crippen LogP contribution in [0.25, 0.3) is 0 Å². The van der Waals surface area contributed by atoms with Crippen molar-refractivity contribution in [2.45, 2.75) is 122 Å². The Kier molecular flexibility index (Phi) is 15.1. The monoisotopic (exact) mass is 706 g/mol. The molecule has 3 unspecified atom stereocenters. The molecule has 3 amide bonds. The van der Waals surface area contributed by atoms with Gasteiger partial charge in [0, 0.05) is 58.7 Å². The molecule has 2 saturated heterocycles. The molecule has 0 aliphatic carbocycles. The molecule has 1 aromatic carbocycles. The number of ether oxygens (including phenoxy) is 1. The number of esters is 1. The van der Waals surface area contributed by atoms with Gasteiger partial charge in [0.2, 0.25) is 17.7 Å². The number of carbonyl (C=O) groups excluding carboxylic acids is 4. The minimum atomic E-state index is -0.557. The van der Waals surface area contributed by atoms with E-state index in [0.717, 1.165) is 76.4 Å². The molecule has 3 aliphatic heterocycles. The predicted octanol–water partition coefficient (Wildman–Crippen LogP) is 4.96. The number of carbonyl (C=O) groups is 4. The highest BCUT2D eigenvalue weighted by atomic mass is 16.5. The van der Waals surface area contributed by atoms with Crippen molar-refractivity contribution in [2.24, 2.45) is 11.7 Å². The fourth-order valence-corrected chi connectivity index (χ4v) is 7.88. The Morgan fingerprint density at radius 2 is 1.69 bits per heavy atom. The van der Waals surface area contributed by atoms with E-state index in [-0.39, 0.29) is 41.7 Å². The Balaban J connectivity index is 1.59. The molecular formula is C40H62N6O5. The number of piperidine rings is 1. The molecule has 2 fully saturated rings. The van der Waals surface area contributed by atoms with Gasteiger partial charge < -0.3 is 30.5 Å². The van der Waals surface area contributed by atoms with Crippen LogP contribution in [0.5, 0.6) is 5.75 Å². The summed E-state index contributed by atoms with van der Waals surface area (Å²) in [5.74, 6) is 0.0854. The number of hydrogen-bond donors (Lipinski definition) is 2. The first-order chi connectivity index (χ1) is 24.5. The highest BCUT2D eigenvalue weighted by Crippen LogP contribution is 2.44. The van der Waals surface area contributed by atoms with E-state index in [0.29, 0.717) is 50.1 Å². The standard InChI is InChI=1S/C40H62N6O5/c1-6-8-10-16-36(48)46-33(27-31-17-19-34(20-18-31)51-39(50)32-14-13-24-44(5)28-32)29-45(40(46)21-25-43(4)26-22-40)37(30(3)7-2)38(49)42-23-12-9-11-15-35(41)47/h13,17-20,24,28,30,33,37H,6-12,14-16,21-23,25-27,29H2,1-5H3,(H2,41,47)(H,42,49). The van der Waals surface area contributed by atoms with E-state index in [1.54, 1.807) is 6.20 Å². The van der Waals surface area contributed by atoms with Crippen LogP contribution in [0, 0.1) is 5.92 Å². The maximum atomic E-state index is 14.4. The third-order valence-electron chi connectivity index (χ3n) is 10.9. The molecular weight excluding hydrogens is 644 g/mol. The van der Waals surface area contributed by atoms with E-state index in [9.17, 15) is 19.2 Å². The van der Waals surface area contributed by atoms with Gasteiger partial charge in [0.25, 0.3) is 0 Å². The summed E-state index contributed by atoms with van der Waals surface area (Å²) in [7, 11) is 4.01. The van der Waals surface area contributed by atoms with Gasteiger partial charge in [-0.05, 0) is 75.4 Å². The molecule has 11 heteroatoms. The fraction of sp³-hybridized carbons (Fsp3) is 0.650. The molecule has 0 saturated carbocycles. The van der Waals surface area contributed by atoms with Gasteiger partial charge in [-0.2, -0.15) is 0 Å². The maximum absolute atomic E-state index is 14.4. The van der Waals surface area contributed by atoms with Crippen molar-refractivity contribution in [3.63, 3.8) is 0 Å². The van der Waals surface area contributed by atoms with Crippen LogP contribution < -0.4 is 15.8 Å². The van der Waals surface area contributed by atoms with Crippen molar-refractivity contribution in [3.8, 4) is 5.75 Å². The number of nitrogens with zero attached hydrogens (tertiary/aromatic N) is 4. The van der Waals surface area contributed by atoms with Crippen molar-refractivity contribution in [1.82, 2.24) is 24.9 Å². The average Bonchev–Trinajstić information content (AvgIpc) is 3.40. The number of allylic oxidation sites excluding steroid dienone is 1. The smallest absolute Gasteiger partial charge is 0.341 e. The van der Waals surface area contributed by atoms with Crippen LogP contribution in [0.1, 0.15) is 103 Å². The summed E-state index contributed by atoms with van der Waals surface area (Å²) in [5.41, 5.74) is 6.39. The second-order valence-corrected chi connectivity index (χ2v) is 14.9. The molecule has 1 aromatic rings. The van der Waals surface area contributed by atoms with Crippen molar-refractivity contribution >= 4 is 23.7 Å². The second kappa shape index (κ2) is 19.2. The fourth-order valence-electron chi connectivity index (χ4n) is 7.88. The number of rotatable bonds is 18. The van der Waals surface area contributed by atoms with Gasteiger partial charge in [0.05, 0.1) is 23.3 Å². The highest BCUT2D eigenvalue weighted by molar-refractivity contribution is 5.90. The highest BCUT2D eigenvalue weighted by Gasteiger charge is 2.57. The van der Waals surface area contributed by atoms with Crippen LogP contribution in [-0.2, 0) is 25.6 Å². The number of benzene rings is 1. The van der Waals surface area contributed by atoms with Gasteiger partial charge in [-0.1, -0.05) is 64.7 Å². The lowest BCUT2D eigenvalue weighted by Gasteiger charge is -2.51. The topological polar surface area (TPSA) is 129 Å². The summed E-state index contributed by atoms with van der Waals surface area (Å²) < 4.78 is 5.71. The molecule has 0 bridgehead atoms. The van der Waals surface area contributed by atoms with Crippen molar-refractivity contribution in [1.29, 1.82) is 0 Å². The van der Waals surface area contributed by atoms with Gasteiger partial charge in [-0.25, -0.2) is 4.79 Å². The van der Waals surface area contributed by atoms with E-state index in [2.05, 4.69) is 47.8 Å². The Bertz CT molecular complexity index is 1390. The molecule has 3 N–H and O–H groups in total. The van der Waals surface area contributed by atoms with Crippen LogP contribution >= 0.6 is 0 Å². The Morgan fingerprint density at radius 1 is 0.980 bits per heavy atom. The van der Waals surface area contributed by atoms with Crippen molar-refractivity contribution < 1.29 is 23.9 Å². The zero-order chi connectivity index (χ0) is 37.0. The minimum Gasteiger partial charge on any atom is -0.423 e. The molecule has 51 heavy (non-hydrogen) atoms. The third kappa shape index (κ3) is 10.7. The minimum absolute atomic E-state index is 0.0116. The molecule has 282 valence electrons. The SMILES string of the molecule is CCCCCC(=O)N1C(Cc2ccc(OC(=O)C3=CN(C)C=CC3)cc2)CN(C(C(=O)NCCCCCC(N)=O)C(C)CC)C12CCN(C)CC2. The number of primary amides is 1. The van der Waals surface area contributed by atoms with Gasteiger partial charge >= 0.3 is 5.97 Å². The normalized spacial score (nSPS) is 20.3. The lowest BCUT2D eigenvalue weighted by molar-refractivity contribution is -0.152.